The molecule has 0 aromatic heterocycles. The Morgan fingerprint density at radius 3 is 1.67 bits per heavy atom. The summed E-state index contributed by atoms with van der Waals surface area (Å²) >= 11 is 0. The molecule has 0 saturated carbocycles. The van der Waals surface area contributed by atoms with Crippen molar-refractivity contribution < 1.29 is 14.0 Å². The molecule has 0 aromatic carbocycles. The van der Waals surface area contributed by atoms with Gasteiger partial charge in [-0.25, -0.2) is 0 Å². The molecule has 3 nitrogen and oxygen atoms in total. The Morgan fingerprint density at radius 2 is 1.24 bits per heavy atom. The van der Waals surface area contributed by atoms with Crippen molar-refractivity contribution in [1.29, 1.82) is 0 Å². The lowest BCUT2D eigenvalue weighted by molar-refractivity contribution is 0.474. The molecule has 0 bridgehead atoms. The quantitative estimate of drug-likeness (QED) is 0.314. The van der Waals surface area contributed by atoms with Crippen molar-refractivity contribution in [1.82, 2.24) is 0 Å². The average Bonchev–Trinajstić information content (AvgIpc) is 2.38. The van der Waals surface area contributed by atoms with Crippen LogP contribution in [0.5, 0.6) is 0 Å². The molecule has 1 atom stereocenters. The predicted octanol–water partition coefficient (Wildman–Crippen LogP) is 5.71. The fraction of sp³-hybridized carbons (Fsp3) is 1.00. The van der Waals surface area contributed by atoms with E-state index in [1.807, 2.05) is 0 Å². The van der Waals surface area contributed by atoms with Crippen molar-refractivity contribution >= 4 is 17.7 Å². The highest BCUT2D eigenvalue weighted by atomic mass is 32.3. The molecular formula is C16H37O3PS. The average molecular weight is 341 g/mol. The third kappa shape index (κ3) is 16.7. The van der Waals surface area contributed by atoms with Gasteiger partial charge in [-0.1, -0.05) is 64.7 Å². The maximum atomic E-state index is 12.0. The second kappa shape index (κ2) is 12.0. The van der Waals surface area contributed by atoms with Gasteiger partial charge >= 0.3 is 0 Å². The molecule has 130 valence electrons. The predicted molar refractivity (Wildman–Crippen MR) is 98.3 cm³/mol. The van der Waals surface area contributed by atoms with Crippen LogP contribution in [0.15, 0.2) is 0 Å². The van der Waals surface area contributed by atoms with E-state index in [0.717, 1.165) is 12.8 Å². The van der Waals surface area contributed by atoms with Crippen LogP contribution >= 0.6 is 17.7 Å². The molecule has 0 aromatic rings. The minimum atomic E-state index is -3.00. The summed E-state index contributed by atoms with van der Waals surface area (Å²) < 4.78 is 21.6. The molecule has 0 fully saturated rings. The molecule has 5 heteroatoms. The summed E-state index contributed by atoms with van der Waals surface area (Å²) in [7, 11) is -4.64. The Labute approximate surface area is 133 Å². The lowest BCUT2D eigenvalue weighted by atomic mass is 10.1. The first kappa shape index (κ1) is 21.5. The second-order valence-electron chi connectivity index (χ2n) is 6.66. The largest absolute Gasteiger partial charge is 0.352 e. The van der Waals surface area contributed by atoms with Crippen LogP contribution in [0.25, 0.3) is 0 Å². The Bertz CT molecular complexity index is 290. The summed E-state index contributed by atoms with van der Waals surface area (Å²) in [5.41, 5.74) is 0. The van der Waals surface area contributed by atoms with E-state index < -0.39 is 17.7 Å². The highest BCUT2D eigenvalue weighted by molar-refractivity contribution is 8.28. The van der Waals surface area contributed by atoms with E-state index in [4.69, 9.17) is 0 Å². The zero-order chi connectivity index (χ0) is 16.2. The molecular weight excluding hydrogens is 303 g/mol. The van der Waals surface area contributed by atoms with Gasteiger partial charge < -0.3 is 9.45 Å². The fourth-order valence-electron chi connectivity index (χ4n) is 2.32. The van der Waals surface area contributed by atoms with Gasteiger partial charge in [-0.15, -0.1) is 10.3 Å². The van der Waals surface area contributed by atoms with Gasteiger partial charge in [0.2, 0.25) is 7.37 Å². The number of unbranched alkanes of at least 4 members (excludes halogenated alkanes) is 9. The maximum absolute atomic E-state index is 12.0. The van der Waals surface area contributed by atoms with Gasteiger partial charge in [0.05, 0.1) is 0 Å². The van der Waals surface area contributed by atoms with E-state index in [0.29, 0.717) is 11.9 Å². The topological polar surface area (TPSA) is 57.5 Å². The molecule has 0 aliphatic carbocycles. The van der Waals surface area contributed by atoms with Crippen molar-refractivity contribution in [2.75, 3.05) is 30.6 Å². The van der Waals surface area contributed by atoms with Crippen molar-refractivity contribution in [3.8, 4) is 0 Å². The highest BCUT2D eigenvalue weighted by Crippen LogP contribution is 2.46. The number of rotatable bonds is 14. The van der Waals surface area contributed by atoms with Crippen LogP contribution in [0.1, 0.15) is 71.1 Å². The van der Waals surface area contributed by atoms with Crippen molar-refractivity contribution in [3.05, 3.63) is 0 Å². The summed E-state index contributed by atoms with van der Waals surface area (Å²) in [4.78, 5) is 9.86. The molecule has 2 N–H and O–H groups in total. The standard InChI is InChI=1S/C16H37O3PS/c1-4-5-6-7-8-9-10-11-12-13-14-20(17,18)15-16-21(2,3)19/h19H,4-16H2,1-3H3,(H,17,18). The van der Waals surface area contributed by atoms with Crippen molar-refractivity contribution in [2.24, 2.45) is 0 Å². The third-order valence-corrected chi connectivity index (χ3v) is 7.24. The van der Waals surface area contributed by atoms with E-state index in [2.05, 4.69) is 6.92 Å². The van der Waals surface area contributed by atoms with Crippen LogP contribution in [0.2, 0.25) is 0 Å². The first-order valence-electron chi connectivity index (χ1n) is 8.51. The first-order chi connectivity index (χ1) is 9.77. The molecule has 0 aliphatic rings. The van der Waals surface area contributed by atoms with Crippen molar-refractivity contribution in [2.45, 2.75) is 71.1 Å². The molecule has 0 heterocycles. The van der Waals surface area contributed by atoms with Crippen LogP contribution in [-0.4, -0.2) is 40.0 Å². The van der Waals surface area contributed by atoms with Gasteiger partial charge in [0.1, 0.15) is 0 Å². The molecule has 1 unspecified atom stereocenters. The lowest BCUT2D eigenvalue weighted by Gasteiger charge is -2.24. The summed E-state index contributed by atoms with van der Waals surface area (Å²) in [6.07, 6.45) is 16.7. The van der Waals surface area contributed by atoms with Crippen LogP contribution in [0.3, 0.4) is 0 Å². The van der Waals surface area contributed by atoms with Gasteiger partial charge in [-0.2, -0.15) is 0 Å². The zero-order valence-electron chi connectivity index (χ0n) is 14.4. The third-order valence-electron chi connectivity index (χ3n) is 3.80. The number of hydrogen-bond acceptors (Lipinski definition) is 2. The monoisotopic (exact) mass is 340 g/mol. The normalized spacial score (nSPS) is 15.9. The maximum Gasteiger partial charge on any atom is 0.201 e. The lowest BCUT2D eigenvalue weighted by Crippen LogP contribution is -2.06. The smallest absolute Gasteiger partial charge is 0.201 e. The Hall–Kier alpha value is 0.500. The molecule has 0 aliphatic heterocycles. The van der Waals surface area contributed by atoms with E-state index in [1.54, 1.807) is 12.5 Å². The Balaban J connectivity index is 3.43. The molecule has 0 saturated heterocycles. The number of hydrogen-bond donors (Lipinski definition) is 2. The summed E-state index contributed by atoms with van der Waals surface area (Å²) in [5, 5.41) is 0. The Morgan fingerprint density at radius 1 is 0.810 bits per heavy atom. The van der Waals surface area contributed by atoms with Crippen LogP contribution < -0.4 is 0 Å². The van der Waals surface area contributed by atoms with Gasteiger partial charge in [0.15, 0.2) is 0 Å². The van der Waals surface area contributed by atoms with Crippen LogP contribution in [-0.2, 0) is 4.57 Å². The molecule has 0 amide bonds. The van der Waals surface area contributed by atoms with Crippen LogP contribution in [0, 0.1) is 0 Å². The Kier molecular flexibility index (Phi) is 12.3. The zero-order valence-corrected chi connectivity index (χ0v) is 16.1. The van der Waals surface area contributed by atoms with E-state index in [-0.39, 0.29) is 6.16 Å². The summed E-state index contributed by atoms with van der Waals surface area (Å²) in [5.74, 6) is 0.485. The van der Waals surface area contributed by atoms with Gasteiger partial charge in [-0.05, 0) is 18.9 Å². The molecule has 0 spiro atoms. The minimum absolute atomic E-state index is 0.281. The van der Waals surface area contributed by atoms with E-state index >= 15 is 0 Å². The molecule has 0 radical (unpaired) electrons. The molecule has 0 rings (SSSR count). The van der Waals surface area contributed by atoms with Gasteiger partial charge in [-0.3, -0.25) is 4.57 Å². The van der Waals surface area contributed by atoms with E-state index in [1.165, 1.54) is 51.4 Å². The highest BCUT2D eigenvalue weighted by Gasteiger charge is 2.20. The SMILES string of the molecule is CCCCCCCCCCCCP(=O)(O)CCS(C)(C)O. The summed E-state index contributed by atoms with van der Waals surface area (Å²) in [6.45, 7) is 2.24. The minimum Gasteiger partial charge on any atom is -0.352 e. The first-order valence-corrected chi connectivity index (χ1v) is 13.1. The van der Waals surface area contributed by atoms with Gasteiger partial charge in [0, 0.05) is 18.1 Å². The fourth-order valence-corrected chi connectivity index (χ4v) is 6.19. The van der Waals surface area contributed by atoms with Gasteiger partial charge in [0.25, 0.3) is 0 Å². The van der Waals surface area contributed by atoms with Crippen molar-refractivity contribution in [3.63, 3.8) is 0 Å². The summed E-state index contributed by atoms with van der Waals surface area (Å²) in [6, 6.07) is 0. The van der Waals surface area contributed by atoms with Crippen LogP contribution in [0.4, 0.5) is 0 Å². The molecule has 21 heavy (non-hydrogen) atoms. The van der Waals surface area contributed by atoms with E-state index in [9.17, 15) is 14.0 Å². The second-order valence-corrected chi connectivity index (χ2v) is 12.6.